The molecule has 0 saturated heterocycles. The first-order valence-corrected chi connectivity index (χ1v) is 10.9. The molecule has 0 atom stereocenters. The van der Waals surface area contributed by atoms with Gasteiger partial charge in [0.25, 0.3) is 5.91 Å². The molecule has 4 aliphatic rings. The zero-order chi connectivity index (χ0) is 20.4. The maximum Gasteiger partial charge on any atom is 0.254 e. The van der Waals surface area contributed by atoms with Crippen LogP contribution in [0.2, 0.25) is 0 Å². The van der Waals surface area contributed by atoms with E-state index >= 15 is 0 Å². The summed E-state index contributed by atoms with van der Waals surface area (Å²) >= 11 is 0. The van der Waals surface area contributed by atoms with E-state index in [4.69, 9.17) is 0 Å². The highest BCUT2D eigenvalue weighted by atomic mass is 19.1. The van der Waals surface area contributed by atoms with Crippen molar-refractivity contribution in [2.24, 2.45) is 23.2 Å². The van der Waals surface area contributed by atoms with Crippen molar-refractivity contribution >= 4 is 11.8 Å². The first-order chi connectivity index (χ1) is 13.9. The molecule has 4 fully saturated rings. The van der Waals surface area contributed by atoms with Crippen molar-refractivity contribution in [1.82, 2.24) is 10.6 Å². The molecule has 0 spiro atoms. The second kappa shape index (κ2) is 8.41. The van der Waals surface area contributed by atoms with Crippen LogP contribution in [0.1, 0.15) is 68.1 Å². The molecule has 1 aromatic carbocycles. The highest BCUT2D eigenvalue weighted by Crippen LogP contribution is 2.61. The Labute approximate surface area is 170 Å². The third kappa shape index (κ3) is 4.78. The molecule has 0 aromatic heterocycles. The summed E-state index contributed by atoms with van der Waals surface area (Å²) in [5.41, 5.74) is 0.279. The van der Waals surface area contributed by atoms with Gasteiger partial charge in [0, 0.05) is 25.6 Å². The maximum absolute atomic E-state index is 13.6. The van der Waals surface area contributed by atoms with Crippen LogP contribution in [0.15, 0.2) is 18.2 Å². The standard InChI is InChI=1S/C23H30F2N2O2/c24-18-3-4-19(20(25)11-18)22(29)27-6-1-2-21(28)26-7-5-23-12-15-8-16(13-23)10-17(9-15)14-23/h3-4,11,15-17H,1-2,5-10,12-14H2,(H,26,28)(H,27,29). The van der Waals surface area contributed by atoms with Crippen LogP contribution in [-0.4, -0.2) is 24.9 Å². The predicted octanol–water partition coefficient (Wildman–Crippen LogP) is 4.20. The molecule has 4 nitrogen and oxygen atoms in total. The summed E-state index contributed by atoms with van der Waals surface area (Å²) in [6.07, 6.45) is 10.2. The predicted molar refractivity (Wildman–Crippen MR) is 106 cm³/mol. The average Bonchev–Trinajstić information content (AvgIpc) is 2.64. The van der Waals surface area contributed by atoms with Crippen LogP contribution in [0.25, 0.3) is 0 Å². The van der Waals surface area contributed by atoms with Crippen molar-refractivity contribution in [3.8, 4) is 0 Å². The topological polar surface area (TPSA) is 58.2 Å². The number of hydrogen-bond donors (Lipinski definition) is 2. The lowest BCUT2D eigenvalue weighted by Crippen LogP contribution is -2.47. The number of carbonyl (C=O) groups excluding carboxylic acids is 2. The van der Waals surface area contributed by atoms with Crippen molar-refractivity contribution in [1.29, 1.82) is 0 Å². The fourth-order valence-corrected chi connectivity index (χ4v) is 6.37. The lowest BCUT2D eigenvalue weighted by Gasteiger charge is -2.57. The Morgan fingerprint density at radius 3 is 2.24 bits per heavy atom. The normalized spacial score (nSPS) is 29.7. The molecule has 4 aliphatic carbocycles. The van der Waals surface area contributed by atoms with Gasteiger partial charge in [0.05, 0.1) is 5.56 Å². The van der Waals surface area contributed by atoms with Gasteiger partial charge in [-0.15, -0.1) is 0 Å². The maximum atomic E-state index is 13.6. The van der Waals surface area contributed by atoms with Crippen molar-refractivity contribution < 1.29 is 18.4 Å². The molecule has 2 N–H and O–H groups in total. The van der Waals surface area contributed by atoms with Gasteiger partial charge in [-0.2, -0.15) is 0 Å². The second-order valence-corrected chi connectivity index (χ2v) is 9.50. The van der Waals surface area contributed by atoms with Crippen LogP contribution >= 0.6 is 0 Å². The molecule has 4 saturated carbocycles. The van der Waals surface area contributed by atoms with Crippen molar-refractivity contribution in [3.05, 3.63) is 35.4 Å². The van der Waals surface area contributed by atoms with Gasteiger partial charge in [0.15, 0.2) is 0 Å². The van der Waals surface area contributed by atoms with Gasteiger partial charge in [-0.25, -0.2) is 8.78 Å². The number of nitrogens with one attached hydrogen (secondary N) is 2. The molecule has 6 heteroatoms. The van der Waals surface area contributed by atoms with Gasteiger partial charge in [0.1, 0.15) is 11.6 Å². The second-order valence-electron chi connectivity index (χ2n) is 9.50. The van der Waals surface area contributed by atoms with Gasteiger partial charge in [-0.1, -0.05) is 0 Å². The Hall–Kier alpha value is -1.98. The zero-order valence-corrected chi connectivity index (χ0v) is 16.8. The summed E-state index contributed by atoms with van der Waals surface area (Å²) in [6.45, 7) is 1.01. The molecule has 0 radical (unpaired) electrons. The van der Waals surface area contributed by atoms with Crippen LogP contribution in [0.3, 0.4) is 0 Å². The largest absolute Gasteiger partial charge is 0.356 e. The third-order valence-corrected chi connectivity index (χ3v) is 7.18. The lowest BCUT2D eigenvalue weighted by molar-refractivity contribution is -0.121. The first-order valence-electron chi connectivity index (χ1n) is 10.9. The molecule has 0 aliphatic heterocycles. The Morgan fingerprint density at radius 1 is 0.966 bits per heavy atom. The van der Waals surface area contributed by atoms with E-state index in [0.29, 0.717) is 24.3 Å². The Balaban J connectivity index is 1.13. The third-order valence-electron chi connectivity index (χ3n) is 7.18. The van der Waals surface area contributed by atoms with E-state index in [-0.39, 0.29) is 18.0 Å². The van der Waals surface area contributed by atoms with Gasteiger partial charge in [-0.3, -0.25) is 9.59 Å². The van der Waals surface area contributed by atoms with Crippen LogP contribution < -0.4 is 10.6 Å². The van der Waals surface area contributed by atoms with E-state index in [2.05, 4.69) is 10.6 Å². The van der Waals surface area contributed by atoms with Gasteiger partial charge in [0.2, 0.25) is 5.91 Å². The van der Waals surface area contributed by atoms with Crippen molar-refractivity contribution in [2.45, 2.75) is 57.8 Å². The average molecular weight is 405 g/mol. The molecular formula is C23H30F2N2O2. The monoisotopic (exact) mass is 404 g/mol. The Bertz CT molecular complexity index is 745. The lowest BCUT2D eigenvalue weighted by atomic mass is 9.49. The van der Waals surface area contributed by atoms with Crippen molar-refractivity contribution in [3.63, 3.8) is 0 Å². The minimum atomic E-state index is -0.884. The summed E-state index contributed by atoms with van der Waals surface area (Å²) in [4.78, 5) is 24.0. The quantitative estimate of drug-likeness (QED) is 0.638. The van der Waals surface area contributed by atoms with Crippen LogP contribution in [-0.2, 0) is 4.79 Å². The van der Waals surface area contributed by atoms with Crippen LogP contribution in [0.4, 0.5) is 8.78 Å². The molecular weight excluding hydrogens is 374 g/mol. The molecule has 29 heavy (non-hydrogen) atoms. The fourth-order valence-electron chi connectivity index (χ4n) is 6.37. The number of benzene rings is 1. The molecule has 4 bridgehead atoms. The van der Waals surface area contributed by atoms with Crippen LogP contribution in [0, 0.1) is 34.8 Å². The van der Waals surface area contributed by atoms with E-state index in [0.717, 1.165) is 42.9 Å². The van der Waals surface area contributed by atoms with Crippen LogP contribution in [0.5, 0.6) is 0 Å². The van der Waals surface area contributed by atoms with E-state index in [1.54, 1.807) is 0 Å². The van der Waals surface area contributed by atoms with E-state index < -0.39 is 17.5 Å². The van der Waals surface area contributed by atoms with Crippen molar-refractivity contribution in [2.75, 3.05) is 13.1 Å². The summed E-state index contributed by atoms with van der Waals surface area (Å²) in [7, 11) is 0. The number of rotatable bonds is 8. The minimum absolute atomic E-state index is 0.00283. The summed E-state index contributed by atoms with van der Waals surface area (Å²) < 4.78 is 26.5. The molecule has 1 aromatic rings. The summed E-state index contributed by atoms with van der Waals surface area (Å²) in [5.74, 6) is 0.570. The molecule has 0 heterocycles. The first kappa shape index (κ1) is 20.3. The minimum Gasteiger partial charge on any atom is -0.356 e. The number of carbonyl (C=O) groups is 2. The van der Waals surface area contributed by atoms with E-state index in [1.165, 1.54) is 38.5 Å². The van der Waals surface area contributed by atoms with Gasteiger partial charge >= 0.3 is 0 Å². The zero-order valence-electron chi connectivity index (χ0n) is 16.8. The smallest absolute Gasteiger partial charge is 0.254 e. The fraction of sp³-hybridized carbons (Fsp3) is 0.652. The summed E-state index contributed by atoms with van der Waals surface area (Å²) in [5, 5.41) is 5.62. The van der Waals surface area contributed by atoms with E-state index in [9.17, 15) is 18.4 Å². The SMILES string of the molecule is O=C(CCCNC(=O)c1ccc(F)cc1F)NCCC12CC3CC(CC(C3)C1)C2. The highest BCUT2D eigenvalue weighted by Gasteiger charge is 2.50. The molecule has 2 amide bonds. The highest BCUT2D eigenvalue weighted by molar-refractivity contribution is 5.94. The van der Waals surface area contributed by atoms with Gasteiger partial charge in [-0.05, 0) is 86.7 Å². The van der Waals surface area contributed by atoms with E-state index in [1.807, 2.05) is 0 Å². The number of hydrogen-bond acceptors (Lipinski definition) is 2. The number of halogens is 2. The Kier molecular flexibility index (Phi) is 5.88. The molecule has 5 rings (SSSR count). The van der Waals surface area contributed by atoms with Gasteiger partial charge < -0.3 is 10.6 Å². The Morgan fingerprint density at radius 2 is 1.62 bits per heavy atom. The summed E-state index contributed by atoms with van der Waals surface area (Å²) in [6, 6.07) is 2.86. The number of amides is 2. The molecule has 0 unspecified atom stereocenters. The molecule has 158 valence electrons.